The Morgan fingerprint density at radius 3 is 2.23 bits per heavy atom. The second kappa shape index (κ2) is 13.0. The van der Waals surface area contributed by atoms with Gasteiger partial charge >= 0.3 is 11.9 Å². The Balaban J connectivity index is 1.84. The number of carbonyl (C=O) groups is 3. The summed E-state index contributed by atoms with van der Waals surface area (Å²) in [5.41, 5.74) is 2.44. The number of pyridine rings is 1. The van der Waals surface area contributed by atoms with Crippen molar-refractivity contribution in [2.75, 3.05) is 14.2 Å². The molecular formula is C30H32FNO7. The molecule has 3 aromatic rings. The number of hydrogen-bond acceptors (Lipinski definition) is 8. The third-order valence-electron chi connectivity index (χ3n) is 6.23. The number of ketones is 1. The lowest BCUT2D eigenvalue weighted by Gasteiger charge is -2.27. The highest BCUT2D eigenvalue weighted by Crippen LogP contribution is 2.37. The van der Waals surface area contributed by atoms with Crippen LogP contribution in [0.2, 0.25) is 0 Å². The van der Waals surface area contributed by atoms with E-state index < -0.39 is 41.5 Å². The van der Waals surface area contributed by atoms with Crippen molar-refractivity contribution < 1.29 is 37.7 Å². The van der Waals surface area contributed by atoms with Gasteiger partial charge in [-0.2, -0.15) is 0 Å². The quantitative estimate of drug-likeness (QED) is 0.235. The van der Waals surface area contributed by atoms with Crippen LogP contribution in [0.15, 0.2) is 54.7 Å². The van der Waals surface area contributed by atoms with E-state index in [-0.39, 0.29) is 23.6 Å². The summed E-state index contributed by atoms with van der Waals surface area (Å²) in [5, 5.41) is 0. The molecule has 0 fully saturated rings. The van der Waals surface area contributed by atoms with Crippen molar-refractivity contribution in [1.29, 1.82) is 0 Å². The van der Waals surface area contributed by atoms with Crippen molar-refractivity contribution in [3.63, 3.8) is 0 Å². The smallest absolute Gasteiger partial charge is 0.309 e. The molecule has 0 N–H and O–H groups in total. The minimum absolute atomic E-state index is 0.103. The first kappa shape index (κ1) is 29.3. The van der Waals surface area contributed by atoms with Gasteiger partial charge in [-0.05, 0) is 25.5 Å². The largest absolute Gasteiger partial charge is 0.496 e. The SMILES string of the molecule is COc1cc(F)ccc1[C@@H](c1ccc(C)cc1)[C@H](C)OC(=O)[C@H](C)CC(=O)c1nccc(OC)c1OC(C)=O. The average Bonchev–Trinajstić information content (AvgIpc) is 2.90. The molecule has 1 heterocycles. The molecule has 0 aliphatic carbocycles. The minimum Gasteiger partial charge on any atom is -0.496 e. The normalized spacial score (nSPS) is 13.1. The van der Waals surface area contributed by atoms with E-state index in [9.17, 15) is 18.8 Å². The van der Waals surface area contributed by atoms with E-state index in [1.807, 2.05) is 31.2 Å². The van der Waals surface area contributed by atoms with Gasteiger partial charge in [0.1, 0.15) is 17.7 Å². The van der Waals surface area contributed by atoms with E-state index in [2.05, 4.69) is 4.98 Å². The summed E-state index contributed by atoms with van der Waals surface area (Å²) >= 11 is 0. The lowest BCUT2D eigenvalue weighted by molar-refractivity contribution is -0.153. The monoisotopic (exact) mass is 537 g/mol. The van der Waals surface area contributed by atoms with Crippen LogP contribution in [0.25, 0.3) is 0 Å². The van der Waals surface area contributed by atoms with Gasteiger partial charge in [-0.25, -0.2) is 9.37 Å². The number of aryl methyl sites for hydroxylation is 1. The predicted molar refractivity (Wildman–Crippen MR) is 142 cm³/mol. The van der Waals surface area contributed by atoms with E-state index in [4.69, 9.17) is 18.9 Å². The zero-order valence-electron chi connectivity index (χ0n) is 22.8. The number of hydrogen-bond donors (Lipinski definition) is 0. The number of halogens is 1. The number of aromatic nitrogens is 1. The molecule has 0 unspecified atom stereocenters. The lowest BCUT2D eigenvalue weighted by atomic mass is 9.86. The predicted octanol–water partition coefficient (Wildman–Crippen LogP) is 5.44. The molecule has 0 saturated carbocycles. The van der Waals surface area contributed by atoms with Crippen LogP contribution in [0.4, 0.5) is 4.39 Å². The van der Waals surface area contributed by atoms with Crippen LogP contribution >= 0.6 is 0 Å². The van der Waals surface area contributed by atoms with Crippen LogP contribution < -0.4 is 14.2 Å². The van der Waals surface area contributed by atoms with Crippen LogP contribution in [-0.2, 0) is 14.3 Å². The molecule has 0 saturated heterocycles. The second-order valence-electron chi connectivity index (χ2n) is 9.23. The van der Waals surface area contributed by atoms with Gasteiger partial charge < -0.3 is 18.9 Å². The summed E-state index contributed by atoms with van der Waals surface area (Å²) in [6, 6.07) is 13.4. The molecule has 0 spiro atoms. The fourth-order valence-corrected chi connectivity index (χ4v) is 4.28. The first-order valence-electron chi connectivity index (χ1n) is 12.4. The number of methoxy groups -OCH3 is 2. The van der Waals surface area contributed by atoms with Crippen LogP contribution in [0.5, 0.6) is 17.2 Å². The molecule has 3 atom stereocenters. The van der Waals surface area contributed by atoms with Gasteiger partial charge in [-0.1, -0.05) is 42.8 Å². The van der Waals surface area contributed by atoms with Crippen molar-refractivity contribution in [3.05, 3.63) is 82.9 Å². The van der Waals surface area contributed by atoms with Crippen LogP contribution in [0.3, 0.4) is 0 Å². The number of esters is 2. The van der Waals surface area contributed by atoms with Gasteiger partial charge in [0.2, 0.25) is 5.75 Å². The van der Waals surface area contributed by atoms with Gasteiger partial charge in [0, 0.05) is 43.2 Å². The van der Waals surface area contributed by atoms with Gasteiger partial charge in [-0.3, -0.25) is 14.4 Å². The van der Waals surface area contributed by atoms with E-state index in [1.54, 1.807) is 19.9 Å². The first-order chi connectivity index (χ1) is 18.5. The van der Waals surface area contributed by atoms with Crippen molar-refractivity contribution >= 4 is 17.7 Å². The molecule has 0 aliphatic rings. The molecule has 8 nitrogen and oxygen atoms in total. The fourth-order valence-electron chi connectivity index (χ4n) is 4.28. The highest BCUT2D eigenvalue weighted by atomic mass is 19.1. The van der Waals surface area contributed by atoms with Crippen LogP contribution in [0.1, 0.15) is 60.3 Å². The second-order valence-corrected chi connectivity index (χ2v) is 9.23. The molecule has 9 heteroatoms. The third kappa shape index (κ3) is 7.19. The summed E-state index contributed by atoms with van der Waals surface area (Å²) in [4.78, 5) is 41.8. The number of nitrogens with zero attached hydrogens (tertiary/aromatic N) is 1. The third-order valence-corrected chi connectivity index (χ3v) is 6.23. The molecule has 0 amide bonds. The van der Waals surface area contributed by atoms with Crippen LogP contribution in [0, 0.1) is 18.7 Å². The highest BCUT2D eigenvalue weighted by molar-refractivity contribution is 5.99. The molecule has 2 aromatic carbocycles. The van der Waals surface area contributed by atoms with E-state index in [0.29, 0.717) is 11.3 Å². The zero-order valence-corrected chi connectivity index (χ0v) is 22.8. The Kier molecular flexibility index (Phi) is 9.76. The van der Waals surface area contributed by atoms with Crippen molar-refractivity contribution in [1.82, 2.24) is 4.98 Å². The summed E-state index contributed by atoms with van der Waals surface area (Å²) in [5.74, 6) is -3.13. The molecule has 39 heavy (non-hydrogen) atoms. The molecule has 206 valence electrons. The van der Waals surface area contributed by atoms with Crippen molar-refractivity contribution in [2.24, 2.45) is 5.92 Å². The number of benzene rings is 2. The Labute approximate surface area is 227 Å². The maximum absolute atomic E-state index is 13.9. The number of Topliss-reactive ketones (excluding diaryl/α,β-unsaturated/α-hetero) is 1. The molecule has 0 aliphatic heterocycles. The molecule has 1 aromatic heterocycles. The number of ether oxygens (including phenoxy) is 4. The van der Waals surface area contributed by atoms with E-state index in [1.165, 1.54) is 45.5 Å². The first-order valence-corrected chi connectivity index (χ1v) is 12.4. The van der Waals surface area contributed by atoms with E-state index >= 15 is 0 Å². The Morgan fingerprint density at radius 2 is 1.62 bits per heavy atom. The Bertz CT molecular complexity index is 1340. The van der Waals surface area contributed by atoms with Gasteiger partial charge in [0.25, 0.3) is 0 Å². The Hall–Kier alpha value is -4.27. The van der Waals surface area contributed by atoms with Gasteiger partial charge in [0.15, 0.2) is 17.2 Å². The lowest BCUT2D eigenvalue weighted by Crippen LogP contribution is -2.28. The van der Waals surface area contributed by atoms with E-state index in [0.717, 1.165) is 11.1 Å². The number of rotatable bonds is 11. The molecule has 0 radical (unpaired) electrons. The minimum atomic E-state index is -0.841. The van der Waals surface area contributed by atoms with Crippen LogP contribution in [-0.4, -0.2) is 43.0 Å². The average molecular weight is 538 g/mol. The fraction of sp³-hybridized carbons (Fsp3) is 0.333. The van der Waals surface area contributed by atoms with Crippen molar-refractivity contribution in [3.8, 4) is 17.2 Å². The summed E-state index contributed by atoms with van der Waals surface area (Å²) in [6.45, 7) is 6.46. The summed E-state index contributed by atoms with van der Waals surface area (Å²) in [6.07, 6.45) is 0.421. The topological polar surface area (TPSA) is 101 Å². The standard InChI is InChI=1S/C30H32FNO7/c1-17-7-9-21(10-8-17)27(23-12-11-22(31)16-26(23)37-6)19(3)38-30(35)18(2)15-24(34)28-29(39-20(4)33)25(36-5)13-14-32-28/h7-14,16,18-19,27H,15H2,1-6H3/t18-,19+,27-/m1/s1. The van der Waals surface area contributed by atoms with Gasteiger partial charge in [-0.15, -0.1) is 0 Å². The maximum atomic E-state index is 13.9. The molecule has 3 rings (SSSR count). The van der Waals surface area contributed by atoms with Crippen molar-refractivity contribution in [2.45, 2.75) is 46.1 Å². The maximum Gasteiger partial charge on any atom is 0.309 e. The molecular weight excluding hydrogens is 505 g/mol. The summed E-state index contributed by atoms with van der Waals surface area (Å²) < 4.78 is 35.6. The molecule has 0 bridgehead atoms. The number of carbonyl (C=O) groups excluding carboxylic acids is 3. The Morgan fingerprint density at radius 1 is 0.949 bits per heavy atom. The zero-order chi connectivity index (χ0) is 28.7. The van der Waals surface area contributed by atoms with Gasteiger partial charge in [0.05, 0.1) is 20.1 Å². The highest BCUT2D eigenvalue weighted by Gasteiger charge is 2.31. The summed E-state index contributed by atoms with van der Waals surface area (Å²) in [7, 11) is 2.82.